The number of anilines is 2. The lowest BCUT2D eigenvalue weighted by atomic mass is 9.95. The van der Waals surface area contributed by atoms with Gasteiger partial charge in [-0.25, -0.2) is 4.79 Å². The first-order valence-corrected chi connectivity index (χ1v) is 9.20. The quantitative estimate of drug-likeness (QED) is 0.817. The molecule has 0 bridgehead atoms. The van der Waals surface area contributed by atoms with E-state index in [1.54, 1.807) is 31.2 Å². The molecule has 0 aliphatic carbocycles. The number of esters is 1. The second kappa shape index (κ2) is 8.62. The molecule has 1 saturated heterocycles. The number of carbonyl (C=O) groups excluding carboxylic acids is 2. The van der Waals surface area contributed by atoms with E-state index < -0.39 is 0 Å². The number of rotatable bonds is 5. The first-order valence-electron chi connectivity index (χ1n) is 9.20. The van der Waals surface area contributed by atoms with Crippen LogP contribution in [0, 0.1) is 12.8 Å². The van der Waals surface area contributed by atoms with Crippen molar-refractivity contribution in [1.29, 1.82) is 0 Å². The molecule has 2 aromatic rings. The summed E-state index contributed by atoms with van der Waals surface area (Å²) in [6, 6.07) is 10.7. The second-order valence-electron chi connectivity index (χ2n) is 6.58. The van der Waals surface area contributed by atoms with Crippen LogP contribution >= 0.6 is 0 Å². The molecule has 1 aromatic heterocycles. The average Bonchev–Trinajstić information content (AvgIpc) is 2.69. The number of aromatic nitrogens is 2. The van der Waals surface area contributed by atoms with Gasteiger partial charge < -0.3 is 15.0 Å². The molecule has 0 atom stereocenters. The van der Waals surface area contributed by atoms with Gasteiger partial charge in [0, 0.05) is 24.7 Å². The molecule has 3 rings (SSSR count). The molecule has 2 heterocycles. The normalized spacial score (nSPS) is 14.7. The van der Waals surface area contributed by atoms with E-state index >= 15 is 0 Å². The summed E-state index contributed by atoms with van der Waals surface area (Å²) >= 11 is 0. The van der Waals surface area contributed by atoms with Gasteiger partial charge in [-0.2, -0.15) is 5.10 Å². The summed E-state index contributed by atoms with van der Waals surface area (Å²) in [4.78, 5) is 26.4. The van der Waals surface area contributed by atoms with Crippen molar-refractivity contribution < 1.29 is 14.3 Å². The van der Waals surface area contributed by atoms with Crippen molar-refractivity contribution >= 4 is 23.4 Å². The van der Waals surface area contributed by atoms with Crippen LogP contribution in [0.2, 0.25) is 0 Å². The molecule has 1 aliphatic rings. The Labute approximate surface area is 158 Å². The fourth-order valence-corrected chi connectivity index (χ4v) is 3.08. The molecule has 1 aliphatic heterocycles. The van der Waals surface area contributed by atoms with Crippen LogP contribution in [0.25, 0.3) is 0 Å². The highest BCUT2D eigenvalue weighted by molar-refractivity contribution is 5.94. The summed E-state index contributed by atoms with van der Waals surface area (Å²) in [6.07, 6.45) is 1.53. The molecule has 142 valence electrons. The highest BCUT2D eigenvalue weighted by atomic mass is 16.5. The summed E-state index contributed by atoms with van der Waals surface area (Å²) < 4.78 is 4.96. The van der Waals surface area contributed by atoms with Crippen molar-refractivity contribution in [2.45, 2.75) is 26.7 Å². The summed E-state index contributed by atoms with van der Waals surface area (Å²) in [6.45, 7) is 5.56. The zero-order chi connectivity index (χ0) is 19.2. The smallest absolute Gasteiger partial charge is 0.338 e. The van der Waals surface area contributed by atoms with E-state index in [0.717, 1.165) is 37.4 Å². The van der Waals surface area contributed by atoms with E-state index in [-0.39, 0.29) is 17.8 Å². The van der Waals surface area contributed by atoms with Crippen LogP contribution in [0.4, 0.5) is 11.5 Å². The predicted octanol–water partition coefficient (Wildman–Crippen LogP) is 2.82. The maximum atomic E-state index is 12.5. The van der Waals surface area contributed by atoms with Crippen LogP contribution in [0.5, 0.6) is 0 Å². The first kappa shape index (κ1) is 18.8. The van der Waals surface area contributed by atoms with E-state index in [1.165, 1.54) is 0 Å². The maximum Gasteiger partial charge on any atom is 0.338 e. The Bertz CT molecular complexity index is 782. The lowest BCUT2D eigenvalue weighted by molar-refractivity contribution is -0.120. The number of nitrogens with zero attached hydrogens (tertiary/aromatic N) is 3. The molecule has 1 amide bonds. The number of hydrogen-bond acceptors (Lipinski definition) is 6. The highest BCUT2D eigenvalue weighted by Crippen LogP contribution is 2.23. The molecule has 7 nitrogen and oxygen atoms in total. The third-order valence-corrected chi connectivity index (χ3v) is 4.64. The number of ether oxygens (including phenoxy) is 1. The zero-order valence-electron chi connectivity index (χ0n) is 15.6. The highest BCUT2D eigenvalue weighted by Gasteiger charge is 2.25. The number of aryl methyl sites for hydroxylation is 1. The third-order valence-electron chi connectivity index (χ3n) is 4.64. The Hall–Kier alpha value is -2.96. The second-order valence-corrected chi connectivity index (χ2v) is 6.58. The topological polar surface area (TPSA) is 84.4 Å². The molecule has 0 unspecified atom stereocenters. The Kier molecular flexibility index (Phi) is 6.01. The predicted molar refractivity (Wildman–Crippen MR) is 103 cm³/mol. The minimum absolute atomic E-state index is 0.00789. The van der Waals surface area contributed by atoms with Crippen LogP contribution in [0.15, 0.2) is 36.4 Å². The van der Waals surface area contributed by atoms with Gasteiger partial charge in [-0.05, 0) is 63.1 Å². The standard InChI is InChI=1S/C20H24N4O3/c1-3-27-20(26)16-5-7-17(8-6-16)21-19(25)15-10-12-24(13-11-15)18-9-4-14(2)22-23-18/h4-9,15H,3,10-13H2,1-2H3,(H,21,25). The van der Waals surface area contributed by atoms with E-state index in [1.807, 2.05) is 19.1 Å². The number of piperidine rings is 1. The molecule has 27 heavy (non-hydrogen) atoms. The SMILES string of the molecule is CCOC(=O)c1ccc(NC(=O)C2CCN(c3ccc(C)nn3)CC2)cc1. The maximum absolute atomic E-state index is 12.5. The minimum atomic E-state index is -0.359. The van der Waals surface area contributed by atoms with E-state index in [4.69, 9.17) is 4.74 Å². The largest absolute Gasteiger partial charge is 0.462 e. The van der Waals surface area contributed by atoms with Crippen molar-refractivity contribution in [3.8, 4) is 0 Å². The zero-order valence-corrected chi connectivity index (χ0v) is 15.6. The van der Waals surface area contributed by atoms with E-state index in [2.05, 4.69) is 20.4 Å². The number of benzene rings is 1. The van der Waals surface area contributed by atoms with Gasteiger partial charge in [0.15, 0.2) is 5.82 Å². The summed E-state index contributed by atoms with van der Waals surface area (Å²) in [5, 5.41) is 11.2. The van der Waals surface area contributed by atoms with Gasteiger partial charge in [0.05, 0.1) is 17.9 Å². The lowest BCUT2D eigenvalue weighted by Gasteiger charge is -2.31. The molecule has 0 radical (unpaired) electrons. The van der Waals surface area contributed by atoms with Crippen molar-refractivity contribution in [2.75, 3.05) is 29.9 Å². The van der Waals surface area contributed by atoms with Gasteiger partial charge in [-0.15, -0.1) is 5.10 Å². The Morgan fingerprint density at radius 2 is 1.81 bits per heavy atom. The van der Waals surface area contributed by atoms with Crippen LogP contribution in [-0.2, 0) is 9.53 Å². The van der Waals surface area contributed by atoms with Gasteiger partial charge in [0.1, 0.15) is 0 Å². The average molecular weight is 368 g/mol. The van der Waals surface area contributed by atoms with Gasteiger partial charge in [0.2, 0.25) is 5.91 Å². The molecule has 1 aromatic carbocycles. The Morgan fingerprint density at radius 1 is 1.11 bits per heavy atom. The molecule has 1 fully saturated rings. The monoisotopic (exact) mass is 368 g/mol. The number of nitrogens with one attached hydrogen (secondary N) is 1. The Balaban J connectivity index is 1.52. The number of amides is 1. The molecule has 0 saturated carbocycles. The number of carbonyl (C=O) groups is 2. The molecule has 1 N–H and O–H groups in total. The van der Waals surface area contributed by atoms with Gasteiger partial charge in [0.25, 0.3) is 0 Å². The van der Waals surface area contributed by atoms with Crippen LogP contribution in [0.1, 0.15) is 35.8 Å². The minimum Gasteiger partial charge on any atom is -0.462 e. The van der Waals surface area contributed by atoms with Crippen LogP contribution in [0.3, 0.4) is 0 Å². The van der Waals surface area contributed by atoms with Crippen molar-refractivity contribution in [3.05, 3.63) is 47.7 Å². The van der Waals surface area contributed by atoms with E-state index in [9.17, 15) is 9.59 Å². The molecular formula is C20H24N4O3. The van der Waals surface area contributed by atoms with Crippen LogP contribution < -0.4 is 10.2 Å². The third kappa shape index (κ3) is 4.81. The van der Waals surface area contributed by atoms with Crippen LogP contribution in [-0.4, -0.2) is 41.8 Å². The van der Waals surface area contributed by atoms with Gasteiger partial charge >= 0.3 is 5.97 Å². The Morgan fingerprint density at radius 3 is 2.41 bits per heavy atom. The van der Waals surface area contributed by atoms with Crippen molar-refractivity contribution in [2.24, 2.45) is 5.92 Å². The number of hydrogen-bond donors (Lipinski definition) is 1. The summed E-state index contributed by atoms with van der Waals surface area (Å²) in [5.41, 5.74) is 2.05. The van der Waals surface area contributed by atoms with Gasteiger partial charge in [-0.3, -0.25) is 4.79 Å². The van der Waals surface area contributed by atoms with Crippen molar-refractivity contribution in [3.63, 3.8) is 0 Å². The lowest BCUT2D eigenvalue weighted by Crippen LogP contribution is -2.38. The summed E-state index contributed by atoms with van der Waals surface area (Å²) in [5.74, 6) is 0.467. The fraction of sp³-hybridized carbons (Fsp3) is 0.400. The van der Waals surface area contributed by atoms with E-state index in [0.29, 0.717) is 17.9 Å². The fourth-order valence-electron chi connectivity index (χ4n) is 3.08. The van der Waals surface area contributed by atoms with Crippen molar-refractivity contribution in [1.82, 2.24) is 10.2 Å². The molecular weight excluding hydrogens is 344 g/mol. The summed E-state index contributed by atoms with van der Waals surface area (Å²) in [7, 11) is 0. The molecule has 0 spiro atoms. The molecule has 7 heteroatoms. The van der Waals surface area contributed by atoms with Gasteiger partial charge in [-0.1, -0.05) is 0 Å². The first-order chi connectivity index (χ1) is 13.1.